The number of carbonyl (C=O) groups excluding carboxylic acids is 1. The van der Waals surface area contributed by atoms with E-state index >= 15 is 0 Å². The zero-order valence-electron chi connectivity index (χ0n) is 12.8. The van der Waals surface area contributed by atoms with E-state index in [9.17, 15) is 4.79 Å². The molecule has 0 radical (unpaired) electrons. The van der Waals surface area contributed by atoms with Crippen LogP contribution in [0.2, 0.25) is 0 Å². The number of anilines is 1. The van der Waals surface area contributed by atoms with Crippen LogP contribution >= 0.6 is 0 Å². The first kappa shape index (κ1) is 15.5. The van der Waals surface area contributed by atoms with E-state index in [1.165, 1.54) is 12.8 Å². The van der Waals surface area contributed by atoms with Crippen LogP contribution in [0.15, 0.2) is 18.2 Å². The van der Waals surface area contributed by atoms with Gasteiger partial charge in [-0.25, -0.2) is 0 Å². The zero-order valence-corrected chi connectivity index (χ0v) is 12.8. The summed E-state index contributed by atoms with van der Waals surface area (Å²) in [6.07, 6.45) is 2.47. The zero-order chi connectivity index (χ0) is 15.1. The van der Waals surface area contributed by atoms with Gasteiger partial charge in [0.1, 0.15) is 11.5 Å². The highest BCUT2D eigenvalue weighted by Gasteiger charge is 2.21. The van der Waals surface area contributed by atoms with Gasteiger partial charge < -0.3 is 20.1 Å². The Balaban J connectivity index is 1.91. The molecule has 1 aromatic rings. The minimum Gasteiger partial charge on any atom is -0.494 e. The summed E-state index contributed by atoms with van der Waals surface area (Å²) in [7, 11) is 0. The van der Waals surface area contributed by atoms with Gasteiger partial charge >= 0.3 is 0 Å². The third kappa shape index (κ3) is 5.17. The lowest BCUT2D eigenvalue weighted by atomic mass is 10.2. The van der Waals surface area contributed by atoms with Crippen LogP contribution in [0.4, 0.5) is 5.69 Å². The van der Waals surface area contributed by atoms with Crippen molar-refractivity contribution in [2.75, 3.05) is 31.6 Å². The van der Waals surface area contributed by atoms with Crippen LogP contribution in [-0.4, -0.2) is 32.2 Å². The first-order valence-electron chi connectivity index (χ1n) is 7.63. The lowest BCUT2D eigenvalue weighted by molar-refractivity contribution is -0.119. The molecule has 1 saturated carbocycles. The molecule has 0 bridgehead atoms. The summed E-state index contributed by atoms with van der Waals surface area (Å²) in [6, 6.07) is 5.59. The lowest BCUT2D eigenvalue weighted by Crippen LogP contribution is -2.31. The van der Waals surface area contributed by atoms with Crippen molar-refractivity contribution < 1.29 is 14.3 Å². The van der Waals surface area contributed by atoms with Gasteiger partial charge in [0.15, 0.2) is 0 Å². The molecule has 1 aliphatic carbocycles. The van der Waals surface area contributed by atoms with Crippen LogP contribution < -0.4 is 20.1 Å². The van der Waals surface area contributed by atoms with Gasteiger partial charge in [-0.15, -0.1) is 0 Å². The van der Waals surface area contributed by atoms with Gasteiger partial charge in [0.25, 0.3) is 0 Å². The highest BCUT2D eigenvalue weighted by Crippen LogP contribution is 2.29. The van der Waals surface area contributed by atoms with Gasteiger partial charge in [-0.05, 0) is 44.7 Å². The van der Waals surface area contributed by atoms with Crippen molar-refractivity contribution in [1.82, 2.24) is 5.32 Å². The molecule has 0 unspecified atom stereocenters. The minimum absolute atomic E-state index is 0.00571. The summed E-state index contributed by atoms with van der Waals surface area (Å²) in [5, 5.41) is 6.06. The molecule has 0 aromatic heterocycles. The SMILES string of the molecule is CCOc1ccc(OCC)c(NCC(=O)NCC2CC2)c1. The number of hydrogen-bond donors (Lipinski definition) is 2. The Bertz CT molecular complexity index is 473. The van der Waals surface area contributed by atoms with Crippen LogP contribution in [0.5, 0.6) is 11.5 Å². The van der Waals surface area contributed by atoms with E-state index < -0.39 is 0 Å². The summed E-state index contributed by atoms with van der Waals surface area (Å²) in [5.41, 5.74) is 0.782. The van der Waals surface area contributed by atoms with Gasteiger partial charge in [-0.2, -0.15) is 0 Å². The quantitative estimate of drug-likeness (QED) is 0.734. The number of amides is 1. The molecule has 0 spiro atoms. The first-order valence-corrected chi connectivity index (χ1v) is 7.63. The average molecular weight is 292 g/mol. The number of rotatable bonds is 9. The van der Waals surface area contributed by atoms with Gasteiger partial charge in [-0.1, -0.05) is 0 Å². The van der Waals surface area contributed by atoms with Gasteiger partial charge in [0.05, 0.1) is 25.4 Å². The van der Waals surface area contributed by atoms with Crippen molar-refractivity contribution in [3.05, 3.63) is 18.2 Å². The molecule has 116 valence electrons. The summed E-state index contributed by atoms with van der Waals surface area (Å²) in [4.78, 5) is 11.8. The maximum atomic E-state index is 11.8. The molecule has 1 aliphatic rings. The molecule has 2 rings (SSSR count). The van der Waals surface area contributed by atoms with Crippen LogP contribution in [0.3, 0.4) is 0 Å². The number of ether oxygens (including phenoxy) is 2. The Hall–Kier alpha value is -1.91. The predicted octanol–water partition coefficient (Wildman–Crippen LogP) is 2.42. The number of hydrogen-bond acceptors (Lipinski definition) is 4. The maximum absolute atomic E-state index is 11.8. The number of carbonyl (C=O) groups is 1. The van der Waals surface area contributed by atoms with Crippen molar-refractivity contribution in [3.63, 3.8) is 0 Å². The monoisotopic (exact) mass is 292 g/mol. The lowest BCUT2D eigenvalue weighted by Gasteiger charge is -2.14. The van der Waals surface area contributed by atoms with Crippen molar-refractivity contribution in [2.45, 2.75) is 26.7 Å². The average Bonchev–Trinajstić information content (AvgIpc) is 3.30. The van der Waals surface area contributed by atoms with E-state index in [4.69, 9.17) is 9.47 Å². The Morgan fingerprint density at radius 3 is 2.67 bits per heavy atom. The van der Waals surface area contributed by atoms with Crippen LogP contribution in [-0.2, 0) is 4.79 Å². The third-order valence-corrected chi connectivity index (χ3v) is 3.29. The van der Waals surface area contributed by atoms with E-state index in [-0.39, 0.29) is 12.5 Å². The fourth-order valence-electron chi connectivity index (χ4n) is 2.00. The molecule has 1 aromatic carbocycles. The number of nitrogens with one attached hydrogen (secondary N) is 2. The normalized spacial score (nSPS) is 13.6. The molecule has 5 nitrogen and oxygen atoms in total. The van der Waals surface area contributed by atoms with Crippen molar-refractivity contribution >= 4 is 11.6 Å². The molecule has 0 atom stereocenters. The smallest absolute Gasteiger partial charge is 0.239 e. The van der Waals surface area contributed by atoms with Crippen molar-refractivity contribution in [1.29, 1.82) is 0 Å². The van der Waals surface area contributed by atoms with E-state index in [2.05, 4.69) is 10.6 Å². The molecule has 0 aliphatic heterocycles. The van der Waals surface area contributed by atoms with Crippen LogP contribution in [0.1, 0.15) is 26.7 Å². The van der Waals surface area contributed by atoms with E-state index in [1.807, 2.05) is 32.0 Å². The van der Waals surface area contributed by atoms with Gasteiger partial charge in [0, 0.05) is 12.6 Å². The highest BCUT2D eigenvalue weighted by atomic mass is 16.5. The second kappa shape index (κ2) is 7.76. The molecular formula is C16H24N2O3. The Kier molecular flexibility index (Phi) is 5.72. The van der Waals surface area contributed by atoms with Gasteiger partial charge in [-0.3, -0.25) is 4.79 Å². The standard InChI is InChI=1S/C16H24N2O3/c1-3-20-13-7-8-15(21-4-2)14(9-13)17-11-16(19)18-10-12-5-6-12/h7-9,12,17H,3-6,10-11H2,1-2H3,(H,18,19). The molecular weight excluding hydrogens is 268 g/mol. The summed E-state index contributed by atoms with van der Waals surface area (Å²) < 4.78 is 11.0. The third-order valence-electron chi connectivity index (χ3n) is 3.29. The second-order valence-electron chi connectivity index (χ2n) is 5.12. The van der Waals surface area contributed by atoms with E-state index in [1.54, 1.807) is 0 Å². The highest BCUT2D eigenvalue weighted by molar-refractivity contribution is 5.81. The molecule has 0 saturated heterocycles. The molecule has 5 heteroatoms. The largest absolute Gasteiger partial charge is 0.494 e. The van der Waals surface area contributed by atoms with Crippen molar-refractivity contribution in [3.8, 4) is 11.5 Å². The maximum Gasteiger partial charge on any atom is 0.239 e. The predicted molar refractivity (Wildman–Crippen MR) is 83.0 cm³/mol. The van der Waals surface area contributed by atoms with Crippen molar-refractivity contribution in [2.24, 2.45) is 5.92 Å². The van der Waals surface area contributed by atoms with E-state index in [0.717, 1.165) is 23.7 Å². The minimum atomic E-state index is 0.00571. The van der Waals surface area contributed by atoms with Crippen LogP contribution in [0, 0.1) is 5.92 Å². The molecule has 2 N–H and O–H groups in total. The van der Waals surface area contributed by atoms with Gasteiger partial charge in [0.2, 0.25) is 5.91 Å². The molecule has 1 amide bonds. The fraction of sp³-hybridized carbons (Fsp3) is 0.562. The first-order chi connectivity index (χ1) is 10.2. The number of benzene rings is 1. The summed E-state index contributed by atoms with van der Waals surface area (Å²) in [6.45, 7) is 6.09. The Labute approximate surface area is 126 Å². The summed E-state index contributed by atoms with van der Waals surface area (Å²) >= 11 is 0. The molecule has 0 heterocycles. The van der Waals surface area contributed by atoms with Crippen LogP contribution in [0.25, 0.3) is 0 Å². The Morgan fingerprint density at radius 1 is 1.24 bits per heavy atom. The molecule has 21 heavy (non-hydrogen) atoms. The molecule has 1 fully saturated rings. The topological polar surface area (TPSA) is 59.6 Å². The second-order valence-corrected chi connectivity index (χ2v) is 5.12. The summed E-state index contributed by atoms with van der Waals surface area (Å²) in [5.74, 6) is 2.19. The fourth-order valence-corrected chi connectivity index (χ4v) is 2.00. The van der Waals surface area contributed by atoms with E-state index in [0.29, 0.717) is 19.1 Å². The Morgan fingerprint density at radius 2 is 2.00 bits per heavy atom.